The fourth-order valence-corrected chi connectivity index (χ4v) is 0.656. The molecule has 0 aromatic carbocycles. The molecular weight excluding hydrogens is 104 g/mol. The molecule has 0 radical (unpaired) electrons. The van der Waals surface area contributed by atoms with Gasteiger partial charge in [0.05, 0.1) is 0 Å². The molecule has 1 aromatic heterocycles. The minimum Gasteiger partial charge on any atom is -0.313 e. The molecule has 0 bridgehead atoms. The lowest BCUT2D eigenvalue weighted by Crippen LogP contribution is -1.91. The van der Waals surface area contributed by atoms with E-state index in [4.69, 9.17) is 4.84 Å². The van der Waals surface area contributed by atoms with Gasteiger partial charge in [-0.1, -0.05) is 0 Å². The summed E-state index contributed by atoms with van der Waals surface area (Å²) in [4.78, 5) is 4.77. The summed E-state index contributed by atoms with van der Waals surface area (Å²) in [7, 11) is 0. The maximum Gasteiger partial charge on any atom is 0.230 e. The van der Waals surface area contributed by atoms with Gasteiger partial charge in [0.25, 0.3) is 0 Å². The van der Waals surface area contributed by atoms with Crippen LogP contribution in [0.3, 0.4) is 0 Å². The SMILES string of the molecule is c1ccn(C2NO2)c1. The van der Waals surface area contributed by atoms with Crippen LogP contribution >= 0.6 is 0 Å². The van der Waals surface area contributed by atoms with Crippen LogP contribution in [0.25, 0.3) is 0 Å². The van der Waals surface area contributed by atoms with Gasteiger partial charge >= 0.3 is 0 Å². The highest BCUT2D eigenvalue weighted by Crippen LogP contribution is 2.13. The summed E-state index contributed by atoms with van der Waals surface area (Å²) in [5.74, 6) is 0. The monoisotopic (exact) mass is 110 g/mol. The third-order valence-electron chi connectivity index (χ3n) is 1.12. The second-order valence-electron chi connectivity index (χ2n) is 1.72. The Morgan fingerprint density at radius 2 is 2.00 bits per heavy atom. The van der Waals surface area contributed by atoms with Crippen LogP contribution < -0.4 is 5.48 Å². The van der Waals surface area contributed by atoms with Crippen molar-refractivity contribution in [2.75, 3.05) is 0 Å². The molecule has 1 aliphatic rings. The Balaban J connectivity index is 2.28. The molecule has 2 rings (SSSR count). The van der Waals surface area contributed by atoms with Gasteiger partial charge in [-0.05, 0) is 12.1 Å². The highest BCUT2D eigenvalue weighted by atomic mass is 16.8. The number of nitrogens with one attached hydrogen (secondary N) is 1. The topological polar surface area (TPSA) is 39.4 Å². The van der Waals surface area contributed by atoms with Crippen LogP contribution in [0, 0.1) is 0 Å². The van der Waals surface area contributed by atoms with Gasteiger partial charge < -0.3 is 4.57 Å². The molecule has 0 spiro atoms. The highest BCUT2D eigenvalue weighted by molar-refractivity contribution is 4.91. The minimum absolute atomic E-state index is 0.102. The minimum atomic E-state index is 0.102. The number of hydroxylamine groups is 1. The van der Waals surface area contributed by atoms with Crippen LogP contribution in [-0.2, 0) is 4.84 Å². The summed E-state index contributed by atoms with van der Waals surface area (Å²) in [5, 5.41) is 0. The van der Waals surface area contributed by atoms with E-state index >= 15 is 0 Å². The van der Waals surface area contributed by atoms with Gasteiger partial charge in [0, 0.05) is 12.4 Å². The smallest absolute Gasteiger partial charge is 0.230 e. The normalized spacial score (nSPS) is 25.8. The van der Waals surface area contributed by atoms with Gasteiger partial charge in [0.2, 0.25) is 6.35 Å². The second-order valence-corrected chi connectivity index (χ2v) is 1.72. The molecule has 8 heavy (non-hydrogen) atoms. The molecule has 2 heterocycles. The van der Waals surface area contributed by atoms with Crippen molar-refractivity contribution in [1.29, 1.82) is 0 Å². The first-order chi connectivity index (χ1) is 3.97. The van der Waals surface area contributed by atoms with Gasteiger partial charge in [0.1, 0.15) is 0 Å². The van der Waals surface area contributed by atoms with Crippen molar-refractivity contribution in [3.05, 3.63) is 24.5 Å². The van der Waals surface area contributed by atoms with Crippen molar-refractivity contribution in [3.63, 3.8) is 0 Å². The summed E-state index contributed by atoms with van der Waals surface area (Å²) in [5.41, 5.74) is 2.70. The van der Waals surface area contributed by atoms with Gasteiger partial charge in [-0.15, -0.1) is 5.48 Å². The Kier molecular flexibility index (Phi) is 0.688. The van der Waals surface area contributed by atoms with Crippen LogP contribution in [0.2, 0.25) is 0 Å². The Labute approximate surface area is 46.8 Å². The molecule has 0 amide bonds. The quantitative estimate of drug-likeness (QED) is 0.534. The predicted octanol–water partition coefficient (Wildman–Crippen LogP) is 0.479. The zero-order valence-electron chi connectivity index (χ0n) is 4.24. The fraction of sp³-hybridized carbons (Fsp3) is 0.200. The van der Waals surface area contributed by atoms with E-state index in [1.807, 2.05) is 29.1 Å². The predicted molar refractivity (Wildman–Crippen MR) is 27.7 cm³/mol. The summed E-state index contributed by atoms with van der Waals surface area (Å²) < 4.78 is 1.94. The van der Waals surface area contributed by atoms with Gasteiger partial charge in [-0.25, -0.2) is 0 Å². The molecule has 1 N–H and O–H groups in total. The first-order valence-corrected chi connectivity index (χ1v) is 2.50. The molecule has 3 nitrogen and oxygen atoms in total. The lowest BCUT2D eigenvalue weighted by atomic mass is 10.7. The summed E-state index contributed by atoms with van der Waals surface area (Å²) in [6.45, 7) is 0. The molecule has 42 valence electrons. The molecule has 1 unspecified atom stereocenters. The van der Waals surface area contributed by atoms with E-state index in [9.17, 15) is 0 Å². The number of rotatable bonds is 1. The zero-order valence-corrected chi connectivity index (χ0v) is 4.24. The summed E-state index contributed by atoms with van der Waals surface area (Å²) in [6, 6.07) is 3.92. The number of nitrogens with zero attached hydrogens (tertiary/aromatic N) is 1. The largest absolute Gasteiger partial charge is 0.313 e. The highest BCUT2D eigenvalue weighted by Gasteiger charge is 2.22. The third-order valence-corrected chi connectivity index (χ3v) is 1.12. The van der Waals surface area contributed by atoms with Gasteiger partial charge in [-0.2, -0.15) is 0 Å². The Bertz CT molecular complexity index is 167. The second kappa shape index (κ2) is 1.34. The van der Waals surface area contributed by atoms with E-state index < -0.39 is 0 Å². The van der Waals surface area contributed by atoms with Crippen LogP contribution in [0.1, 0.15) is 6.35 Å². The van der Waals surface area contributed by atoms with E-state index in [0.29, 0.717) is 0 Å². The average Bonchev–Trinajstić information content (AvgIpc) is 2.49. The lowest BCUT2D eigenvalue weighted by Gasteiger charge is -1.87. The van der Waals surface area contributed by atoms with Crippen molar-refractivity contribution >= 4 is 0 Å². The van der Waals surface area contributed by atoms with E-state index in [0.717, 1.165) is 0 Å². The number of hydrogen-bond acceptors (Lipinski definition) is 2. The van der Waals surface area contributed by atoms with Gasteiger partial charge in [0.15, 0.2) is 0 Å². The van der Waals surface area contributed by atoms with Crippen molar-refractivity contribution in [2.45, 2.75) is 6.35 Å². The van der Waals surface area contributed by atoms with Crippen molar-refractivity contribution in [1.82, 2.24) is 10.0 Å². The Morgan fingerprint density at radius 3 is 2.50 bits per heavy atom. The molecule has 0 aliphatic carbocycles. The van der Waals surface area contributed by atoms with Crippen LogP contribution in [0.5, 0.6) is 0 Å². The summed E-state index contributed by atoms with van der Waals surface area (Å²) >= 11 is 0. The molecule has 1 saturated heterocycles. The van der Waals surface area contributed by atoms with E-state index in [1.165, 1.54) is 0 Å². The summed E-state index contributed by atoms with van der Waals surface area (Å²) in [6.07, 6.45) is 4.00. The maximum atomic E-state index is 4.77. The van der Waals surface area contributed by atoms with E-state index in [-0.39, 0.29) is 6.35 Å². The molecule has 3 heteroatoms. The lowest BCUT2D eigenvalue weighted by molar-refractivity contribution is 0.332. The molecule has 1 aliphatic heterocycles. The average molecular weight is 110 g/mol. The molecule has 1 fully saturated rings. The first kappa shape index (κ1) is 4.12. The van der Waals surface area contributed by atoms with Crippen LogP contribution in [-0.4, -0.2) is 4.57 Å². The van der Waals surface area contributed by atoms with Crippen molar-refractivity contribution in [3.8, 4) is 0 Å². The van der Waals surface area contributed by atoms with Crippen molar-refractivity contribution in [2.24, 2.45) is 0 Å². The van der Waals surface area contributed by atoms with Crippen molar-refractivity contribution < 1.29 is 4.84 Å². The van der Waals surface area contributed by atoms with E-state index in [1.54, 1.807) is 0 Å². The van der Waals surface area contributed by atoms with E-state index in [2.05, 4.69) is 5.48 Å². The number of aromatic nitrogens is 1. The fourth-order valence-electron chi connectivity index (χ4n) is 0.656. The zero-order chi connectivity index (χ0) is 5.40. The number of hydrogen-bond donors (Lipinski definition) is 1. The van der Waals surface area contributed by atoms with Crippen LogP contribution in [0.4, 0.5) is 0 Å². The Morgan fingerprint density at radius 1 is 1.38 bits per heavy atom. The first-order valence-electron chi connectivity index (χ1n) is 2.50. The molecular formula is C5H6N2O. The van der Waals surface area contributed by atoms with Gasteiger partial charge in [-0.3, -0.25) is 4.84 Å². The molecule has 1 aromatic rings. The maximum absolute atomic E-state index is 4.77. The standard InChI is InChI=1S/C5H6N2O/c1-2-4-7(3-1)5-6-8-5/h1-6H. The Hall–Kier alpha value is -0.800. The van der Waals surface area contributed by atoms with Crippen LogP contribution in [0.15, 0.2) is 24.5 Å². The molecule has 1 atom stereocenters. The molecule has 0 saturated carbocycles. The third kappa shape index (κ3) is 0.526.